The Hall–Kier alpha value is -1.72. The molecule has 1 aromatic heterocycles. The molecular formula is C17H22N2O2S. The standard InChI is InChI=1S/C17H22N2O2S/c1-5-13-6-8-14(9-7-13)17-19-12(3)15(22-17)16(20)18-11(2)10-21-4/h6-9,11H,5,10H2,1-4H3,(H,18,20). The van der Waals surface area contributed by atoms with Crippen molar-refractivity contribution in [1.29, 1.82) is 0 Å². The fourth-order valence-electron chi connectivity index (χ4n) is 2.19. The molecule has 0 aliphatic rings. The Morgan fingerprint density at radius 2 is 2.05 bits per heavy atom. The number of aromatic nitrogens is 1. The first-order valence-electron chi connectivity index (χ1n) is 7.41. The van der Waals surface area contributed by atoms with E-state index in [1.165, 1.54) is 16.9 Å². The molecule has 118 valence electrons. The van der Waals surface area contributed by atoms with Crippen LogP contribution in [0.4, 0.5) is 0 Å². The highest BCUT2D eigenvalue weighted by Crippen LogP contribution is 2.28. The molecule has 1 amide bonds. The van der Waals surface area contributed by atoms with Crippen LogP contribution < -0.4 is 5.32 Å². The number of methoxy groups -OCH3 is 1. The quantitative estimate of drug-likeness (QED) is 0.887. The maximum absolute atomic E-state index is 12.3. The summed E-state index contributed by atoms with van der Waals surface area (Å²) in [5.41, 5.74) is 3.11. The molecule has 0 fully saturated rings. The number of carbonyl (C=O) groups excluding carboxylic acids is 1. The van der Waals surface area contributed by atoms with E-state index in [9.17, 15) is 4.79 Å². The molecule has 0 saturated heterocycles. The summed E-state index contributed by atoms with van der Waals surface area (Å²) < 4.78 is 5.04. The maximum Gasteiger partial charge on any atom is 0.263 e. The topological polar surface area (TPSA) is 51.2 Å². The Bertz CT molecular complexity index is 635. The van der Waals surface area contributed by atoms with Crippen LogP contribution in [0.2, 0.25) is 0 Å². The first-order valence-corrected chi connectivity index (χ1v) is 8.23. The first-order chi connectivity index (χ1) is 10.5. The molecule has 2 aromatic rings. The van der Waals surface area contributed by atoms with Gasteiger partial charge in [0.25, 0.3) is 5.91 Å². The molecule has 1 aromatic carbocycles. The highest BCUT2D eigenvalue weighted by atomic mass is 32.1. The third kappa shape index (κ3) is 3.93. The van der Waals surface area contributed by atoms with Crippen LogP contribution in [0.15, 0.2) is 24.3 Å². The van der Waals surface area contributed by atoms with Crippen LogP contribution in [0.5, 0.6) is 0 Å². The number of aryl methyl sites for hydroxylation is 2. The minimum atomic E-state index is -0.0871. The third-order valence-electron chi connectivity index (χ3n) is 3.41. The summed E-state index contributed by atoms with van der Waals surface area (Å²) in [5, 5.41) is 3.81. The lowest BCUT2D eigenvalue weighted by Crippen LogP contribution is -2.35. The van der Waals surface area contributed by atoms with Crippen molar-refractivity contribution in [3.8, 4) is 10.6 Å². The van der Waals surface area contributed by atoms with Gasteiger partial charge in [-0.2, -0.15) is 0 Å². The zero-order valence-electron chi connectivity index (χ0n) is 13.5. The third-order valence-corrected chi connectivity index (χ3v) is 4.61. The van der Waals surface area contributed by atoms with Gasteiger partial charge in [-0.05, 0) is 25.8 Å². The number of rotatable bonds is 6. The van der Waals surface area contributed by atoms with Gasteiger partial charge in [-0.3, -0.25) is 4.79 Å². The predicted molar refractivity (Wildman–Crippen MR) is 90.5 cm³/mol. The Balaban J connectivity index is 2.18. The zero-order chi connectivity index (χ0) is 16.1. The summed E-state index contributed by atoms with van der Waals surface area (Å²) in [6.45, 7) is 6.42. The largest absolute Gasteiger partial charge is 0.383 e. The van der Waals surface area contributed by atoms with Gasteiger partial charge >= 0.3 is 0 Å². The van der Waals surface area contributed by atoms with Crippen molar-refractivity contribution in [1.82, 2.24) is 10.3 Å². The summed E-state index contributed by atoms with van der Waals surface area (Å²) in [4.78, 5) is 17.5. The number of hydrogen-bond acceptors (Lipinski definition) is 4. The highest BCUT2D eigenvalue weighted by molar-refractivity contribution is 7.17. The minimum absolute atomic E-state index is 0.0220. The Kier molecular flexibility index (Phi) is 5.69. The van der Waals surface area contributed by atoms with Crippen molar-refractivity contribution in [2.45, 2.75) is 33.2 Å². The van der Waals surface area contributed by atoms with E-state index >= 15 is 0 Å². The summed E-state index contributed by atoms with van der Waals surface area (Å²) in [6, 6.07) is 8.31. The van der Waals surface area contributed by atoms with Gasteiger partial charge < -0.3 is 10.1 Å². The van der Waals surface area contributed by atoms with Crippen LogP contribution in [0.1, 0.15) is 34.8 Å². The van der Waals surface area contributed by atoms with E-state index in [2.05, 4.69) is 41.5 Å². The van der Waals surface area contributed by atoms with E-state index in [4.69, 9.17) is 4.74 Å². The van der Waals surface area contributed by atoms with E-state index in [0.717, 1.165) is 22.7 Å². The Morgan fingerprint density at radius 3 is 2.64 bits per heavy atom. The zero-order valence-corrected chi connectivity index (χ0v) is 14.3. The summed E-state index contributed by atoms with van der Waals surface area (Å²) >= 11 is 1.43. The number of amides is 1. The second-order valence-electron chi connectivity index (χ2n) is 5.31. The van der Waals surface area contributed by atoms with Crippen LogP contribution in [-0.2, 0) is 11.2 Å². The van der Waals surface area contributed by atoms with Crippen LogP contribution in [0.3, 0.4) is 0 Å². The number of benzene rings is 1. The molecule has 4 nitrogen and oxygen atoms in total. The van der Waals surface area contributed by atoms with Crippen LogP contribution >= 0.6 is 11.3 Å². The molecule has 0 radical (unpaired) electrons. The molecule has 1 atom stereocenters. The average molecular weight is 318 g/mol. The molecule has 0 spiro atoms. The molecule has 5 heteroatoms. The molecule has 1 heterocycles. The predicted octanol–water partition coefficient (Wildman–Crippen LogP) is 3.45. The van der Waals surface area contributed by atoms with E-state index in [0.29, 0.717) is 11.5 Å². The minimum Gasteiger partial charge on any atom is -0.383 e. The van der Waals surface area contributed by atoms with Gasteiger partial charge in [-0.15, -0.1) is 11.3 Å². The second kappa shape index (κ2) is 7.51. The number of carbonyl (C=O) groups is 1. The van der Waals surface area contributed by atoms with Gasteiger partial charge in [0.1, 0.15) is 9.88 Å². The fraction of sp³-hybridized carbons (Fsp3) is 0.412. The number of ether oxygens (including phenoxy) is 1. The van der Waals surface area contributed by atoms with Crippen molar-refractivity contribution in [3.05, 3.63) is 40.4 Å². The highest BCUT2D eigenvalue weighted by Gasteiger charge is 2.17. The van der Waals surface area contributed by atoms with Crippen LogP contribution in [0, 0.1) is 6.92 Å². The molecule has 0 aliphatic heterocycles. The van der Waals surface area contributed by atoms with Crippen LogP contribution in [-0.4, -0.2) is 30.6 Å². The molecule has 1 N–H and O–H groups in total. The average Bonchev–Trinajstić information content (AvgIpc) is 2.89. The molecule has 1 unspecified atom stereocenters. The van der Waals surface area contributed by atoms with Crippen molar-refractivity contribution in [2.75, 3.05) is 13.7 Å². The van der Waals surface area contributed by atoms with E-state index < -0.39 is 0 Å². The molecule has 22 heavy (non-hydrogen) atoms. The van der Waals surface area contributed by atoms with Gasteiger partial charge in [0.2, 0.25) is 0 Å². The molecule has 2 rings (SSSR count). The van der Waals surface area contributed by atoms with Gasteiger partial charge in [-0.1, -0.05) is 31.2 Å². The first kappa shape index (κ1) is 16.6. The normalized spacial score (nSPS) is 12.2. The van der Waals surface area contributed by atoms with Gasteiger partial charge in [-0.25, -0.2) is 4.98 Å². The lowest BCUT2D eigenvalue weighted by molar-refractivity contribution is 0.0909. The van der Waals surface area contributed by atoms with E-state index in [1.54, 1.807) is 7.11 Å². The molecule has 0 saturated carbocycles. The van der Waals surface area contributed by atoms with Crippen molar-refractivity contribution >= 4 is 17.2 Å². The van der Waals surface area contributed by atoms with E-state index in [-0.39, 0.29) is 11.9 Å². The number of thiazole rings is 1. The van der Waals surface area contributed by atoms with Crippen molar-refractivity contribution in [2.24, 2.45) is 0 Å². The number of hydrogen-bond donors (Lipinski definition) is 1. The number of nitrogens with zero attached hydrogens (tertiary/aromatic N) is 1. The Labute approximate surface area is 135 Å². The maximum atomic E-state index is 12.3. The monoisotopic (exact) mass is 318 g/mol. The van der Waals surface area contributed by atoms with Crippen LogP contribution in [0.25, 0.3) is 10.6 Å². The van der Waals surface area contributed by atoms with Crippen molar-refractivity contribution in [3.63, 3.8) is 0 Å². The summed E-state index contributed by atoms with van der Waals surface area (Å²) in [6.07, 6.45) is 1.02. The number of nitrogens with one attached hydrogen (secondary N) is 1. The van der Waals surface area contributed by atoms with Gasteiger partial charge in [0.15, 0.2) is 0 Å². The van der Waals surface area contributed by atoms with E-state index in [1.807, 2.05) is 13.8 Å². The molecular weight excluding hydrogens is 296 g/mol. The SMILES string of the molecule is CCc1ccc(-c2nc(C)c(C(=O)NC(C)COC)s2)cc1. The Morgan fingerprint density at radius 1 is 1.36 bits per heavy atom. The van der Waals surface area contributed by atoms with Crippen molar-refractivity contribution < 1.29 is 9.53 Å². The molecule has 0 bridgehead atoms. The molecule has 0 aliphatic carbocycles. The smallest absolute Gasteiger partial charge is 0.263 e. The lowest BCUT2D eigenvalue weighted by atomic mass is 10.1. The second-order valence-corrected chi connectivity index (χ2v) is 6.31. The summed E-state index contributed by atoms with van der Waals surface area (Å²) in [7, 11) is 1.62. The summed E-state index contributed by atoms with van der Waals surface area (Å²) in [5.74, 6) is -0.0871. The van der Waals surface area contributed by atoms with Gasteiger partial charge in [0, 0.05) is 18.7 Å². The fourth-order valence-corrected chi connectivity index (χ4v) is 3.17. The van der Waals surface area contributed by atoms with Gasteiger partial charge in [0.05, 0.1) is 12.3 Å². The lowest BCUT2D eigenvalue weighted by Gasteiger charge is -2.11.